The molecule has 2 aromatic rings. The van der Waals surface area contributed by atoms with E-state index in [0.29, 0.717) is 18.1 Å². The van der Waals surface area contributed by atoms with Crippen LogP contribution in [0.5, 0.6) is 0 Å². The van der Waals surface area contributed by atoms with Crippen LogP contribution >= 0.6 is 11.8 Å². The maximum Gasteiger partial charge on any atom is 0.243 e. The summed E-state index contributed by atoms with van der Waals surface area (Å²) < 4.78 is 1.04. The van der Waals surface area contributed by atoms with Crippen molar-refractivity contribution in [1.82, 2.24) is 30.4 Å². The van der Waals surface area contributed by atoms with Gasteiger partial charge in [0.1, 0.15) is 18.7 Å². The molecule has 2 amide bonds. The molecule has 1 unspecified atom stereocenters. The van der Waals surface area contributed by atoms with Gasteiger partial charge in [0.15, 0.2) is 5.82 Å². The summed E-state index contributed by atoms with van der Waals surface area (Å²) in [7, 11) is 0. The van der Waals surface area contributed by atoms with Crippen LogP contribution in [0.4, 0.5) is 0 Å². The Hall–Kier alpha value is -2.42. The molecule has 3 rings (SSSR count). The van der Waals surface area contributed by atoms with Gasteiger partial charge in [0.25, 0.3) is 0 Å². The number of nitrogens with one attached hydrogen (secondary N) is 2. The largest absolute Gasteiger partial charge is 0.350 e. The van der Waals surface area contributed by atoms with Crippen molar-refractivity contribution >= 4 is 23.6 Å². The number of amides is 2. The highest BCUT2D eigenvalue weighted by Gasteiger charge is 2.37. The fourth-order valence-electron chi connectivity index (χ4n) is 2.27. The van der Waals surface area contributed by atoms with E-state index in [1.54, 1.807) is 23.3 Å². The second-order valence-corrected chi connectivity index (χ2v) is 7.53. The van der Waals surface area contributed by atoms with Crippen LogP contribution < -0.4 is 10.6 Å². The molecule has 126 valence electrons. The summed E-state index contributed by atoms with van der Waals surface area (Å²) in [5.74, 6) is 0.829. The molecular weight excluding hydrogens is 328 g/mol. The third-order valence-corrected chi connectivity index (χ3v) is 5.14. The Labute approximate surface area is 143 Å². The monoisotopic (exact) mass is 346 g/mol. The zero-order valence-electron chi connectivity index (χ0n) is 13.4. The van der Waals surface area contributed by atoms with Crippen LogP contribution in [0.15, 0.2) is 31.0 Å². The Kier molecular flexibility index (Phi) is 4.52. The molecule has 2 N–H and O–H groups in total. The maximum atomic E-state index is 12.3. The molecule has 1 atom stereocenters. The van der Waals surface area contributed by atoms with Crippen LogP contribution in [0.2, 0.25) is 0 Å². The van der Waals surface area contributed by atoms with Gasteiger partial charge in [-0.25, -0.2) is 14.6 Å². The third-order valence-electron chi connectivity index (χ3n) is 3.74. The quantitative estimate of drug-likeness (QED) is 0.825. The van der Waals surface area contributed by atoms with Gasteiger partial charge in [0.05, 0.1) is 4.75 Å². The molecule has 1 fully saturated rings. The highest BCUT2D eigenvalue weighted by molar-refractivity contribution is 8.01. The summed E-state index contributed by atoms with van der Waals surface area (Å²) >= 11 is 1.48. The zero-order valence-corrected chi connectivity index (χ0v) is 14.2. The van der Waals surface area contributed by atoms with Gasteiger partial charge in [-0.2, -0.15) is 5.10 Å². The fraction of sp³-hybridized carbons (Fsp3) is 0.400. The lowest BCUT2D eigenvalue weighted by Crippen LogP contribution is -2.57. The minimum absolute atomic E-state index is 0.122. The van der Waals surface area contributed by atoms with Crippen LogP contribution in [0.1, 0.15) is 19.4 Å². The normalized spacial score (nSPS) is 19.6. The fourth-order valence-corrected chi connectivity index (χ4v) is 3.28. The second-order valence-electron chi connectivity index (χ2n) is 5.89. The predicted molar refractivity (Wildman–Crippen MR) is 89.5 cm³/mol. The number of rotatable bonds is 4. The number of carbonyl (C=O) groups is 2. The van der Waals surface area contributed by atoms with Crippen LogP contribution in [0, 0.1) is 0 Å². The Morgan fingerprint density at radius 1 is 1.54 bits per heavy atom. The highest BCUT2D eigenvalue weighted by atomic mass is 32.2. The first kappa shape index (κ1) is 16.4. The lowest BCUT2D eigenvalue weighted by Gasteiger charge is -2.32. The number of hydrogen-bond acceptors (Lipinski definition) is 6. The van der Waals surface area contributed by atoms with Crippen molar-refractivity contribution in [2.75, 3.05) is 5.75 Å². The second kappa shape index (κ2) is 6.60. The molecular formula is C15H18N6O2S. The number of hydrogen-bond donors (Lipinski definition) is 2. The molecule has 0 bridgehead atoms. The van der Waals surface area contributed by atoms with Crippen molar-refractivity contribution in [2.45, 2.75) is 31.2 Å². The molecule has 1 aliphatic rings. The van der Waals surface area contributed by atoms with E-state index in [1.807, 2.05) is 19.9 Å². The summed E-state index contributed by atoms with van der Waals surface area (Å²) in [5.41, 5.74) is 0.812. The minimum atomic E-state index is -0.526. The van der Waals surface area contributed by atoms with Crippen molar-refractivity contribution in [3.63, 3.8) is 0 Å². The zero-order chi connectivity index (χ0) is 17.2. The molecule has 2 aromatic heterocycles. The van der Waals surface area contributed by atoms with Crippen molar-refractivity contribution < 1.29 is 9.59 Å². The molecule has 0 saturated carbocycles. The molecule has 1 aliphatic heterocycles. The van der Waals surface area contributed by atoms with E-state index in [9.17, 15) is 9.59 Å². The van der Waals surface area contributed by atoms with E-state index in [4.69, 9.17) is 0 Å². The molecule has 9 heteroatoms. The smallest absolute Gasteiger partial charge is 0.243 e. The number of carbonyl (C=O) groups excluding carboxylic acids is 2. The van der Waals surface area contributed by atoms with Crippen molar-refractivity contribution in [1.29, 1.82) is 0 Å². The van der Waals surface area contributed by atoms with Gasteiger partial charge in [0.2, 0.25) is 11.8 Å². The van der Waals surface area contributed by atoms with Gasteiger partial charge in [-0.3, -0.25) is 9.59 Å². The Morgan fingerprint density at radius 2 is 2.38 bits per heavy atom. The van der Waals surface area contributed by atoms with Gasteiger partial charge in [0, 0.05) is 24.1 Å². The standard InChI is InChI=1S/C15H18N6O2S/c1-15(2)14(23)20-11(7-24-15)13(22)18-6-10-4-3-5-17-12(10)21-9-16-8-19-21/h3-5,8-9,11H,6-7H2,1-2H3,(H,18,22)(H,20,23). The maximum absolute atomic E-state index is 12.3. The molecule has 0 spiro atoms. The third kappa shape index (κ3) is 3.40. The number of thioether (sulfide) groups is 1. The number of pyridine rings is 1. The first-order chi connectivity index (χ1) is 11.5. The van der Waals surface area contributed by atoms with Crippen molar-refractivity contribution in [2.24, 2.45) is 0 Å². The first-order valence-electron chi connectivity index (χ1n) is 7.49. The van der Waals surface area contributed by atoms with Gasteiger partial charge < -0.3 is 10.6 Å². The Balaban J connectivity index is 1.65. The van der Waals surface area contributed by atoms with E-state index in [-0.39, 0.29) is 11.8 Å². The van der Waals surface area contributed by atoms with Gasteiger partial charge >= 0.3 is 0 Å². The van der Waals surface area contributed by atoms with Crippen LogP contribution in [0.25, 0.3) is 5.82 Å². The van der Waals surface area contributed by atoms with E-state index >= 15 is 0 Å². The number of aromatic nitrogens is 4. The first-order valence-corrected chi connectivity index (χ1v) is 8.47. The van der Waals surface area contributed by atoms with Crippen molar-refractivity contribution in [3.8, 4) is 5.82 Å². The molecule has 3 heterocycles. The van der Waals surface area contributed by atoms with Crippen LogP contribution in [0.3, 0.4) is 0 Å². The molecule has 8 nitrogen and oxygen atoms in total. The summed E-state index contributed by atoms with van der Waals surface area (Å²) in [6, 6.07) is 3.13. The molecule has 24 heavy (non-hydrogen) atoms. The SMILES string of the molecule is CC1(C)SCC(C(=O)NCc2cccnc2-n2cncn2)NC1=O. The van der Waals surface area contributed by atoms with Crippen molar-refractivity contribution in [3.05, 3.63) is 36.5 Å². The van der Waals surface area contributed by atoms with Gasteiger partial charge in [-0.05, 0) is 19.9 Å². The summed E-state index contributed by atoms with van der Waals surface area (Å²) in [6.07, 6.45) is 4.63. The van der Waals surface area contributed by atoms with E-state index in [2.05, 4.69) is 25.7 Å². The lowest BCUT2D eigenvalue weighted by atomic mass is 10.1. The summed E-state index contributed by atoms with van der Waals surface area (Å²) in [4.78, 5) is 32.5. The average molecular weight is 346 g/mol. The van der Waals surface area contributed by atoms with Gasteiger partial charge in [-0.15, -0.1) is 11.8 Å². The van der Waals surface area contributed by atoms with E-state index < -0.39 is 10.8 Å². The number of nitrogens with zero attached hydrogens (tertiary/aromatic N) is 4. The molecule has 0 radical (unpaired) electrons. The van der Waals surface area contributed by atoms with Crippen LogP contribution in [-0.2, 0) is 16.1 Å². The van der Waals surface area contributed by atoms with E-state index in [1.165, 1.54) is 18.1 Å². The molecule has 0 aromatic carbocycles. The Morgan fingerprint density at radius 3 is 3.08 bits per heavy atom. The van der Waals surface area contributed by atoms with E-state index in [0.717, 1.165) is 5.56 Å². The average Bonchev–Trinajstić information content (AvgIpc) is 3.10. The Bertz CT molecular complexity index is 746. The predicted octanol–water partition coefficient (Wildman–Crippen LogP) is 0.289. The highest BCUT2D eigenvalue weighted by Crippen LogP contribution is 2.29. The summed E-state index contributed by atoms with van der Waals surface area (Å²) in [5, 5.41) is 9.68. The minimum Gasteiger partial charge on any atom is -0.350 e. The topological polar surface area (TPSA) is 102 Å². The van der Waals surface area contributed by atoms with Crippen LogP contribution in [-0.4, -0.2) is 48.1 Å². The van der Waals surface area contributed by atoms with Gasteiger partial charge in [-0.1, -0.05) is 6.07 Å². The molecule has 0 aliphatic carbocycles. The lowest BCUT2D eigenvalue weighted by molar-refractivity contribution is -0.129. The molecule has 1 saturated heterocycles. The summed E-state index contributed by atoms with van der Waals surface area (Å²) in [6.45, 7) is 3.99.